The molecule has 2 N–H and O–H groups in total. The molecule has 1 heterocycles. The van der Waals surface area contributed by atoms with E-state index in [1.54, 1.807) is 13.2 Å². The lowest BCUT2D eigenvalue weighted by Crippen LogP contribution is -1.96. The van der Waals surface area contributed by atoms with Gasteiger partial charge in [0.25, 0.3) is 0 Å². The molecule has 0 atom stereocenters. The van der Waals surface area contributed by atoms with E-state index >= 15 is 0 Å². The normalized spacial score (nSPS) is 11.0. The van der Waals surface area contributed by atoms with Crippen LogP contribution in [0.1, 0.15) is 11.3 Å². The number of methoxy groups -OCH3 is 1. The summed E-state index contributed by atoms with van der Waals surface area (Å²) in [4.78, 5) is 15.2. The molecule has 0 amide bonds. The highest BCUT2D eigenvalue weighted by Crippen LogP contribution is 2.29. The lowest BCUT2D eigenvalue weighted by molar-refractivity contribution is -0.131. The van der Waals surface area contributed by atoms with Gasteiger partial charge < -0.3 is 15.2 Å². The number of hydrogen-bond acceptors (Lipinski definition) is 4. The van der Waals surface area contributed by atoms with Crippen molar-refractivity contribution in [1.82, 2.24) is 4.98 Å². The van der Waals surface area contributed by atoms with Crippen LogP contribution in [0.5, 0.6) is 5.75 Å². The van der Waals surface area contributed by atoms with E-state index in [1.165, 1.54) is 0 Å². The number of hydrogen-bond donors (Lipinski definition) is 2. The fourth-order valence-electron chi connectivity index (χ4n) is 2.61. The Balaban J connectivity index is 2.00. The summed E-state index contributed by atoms with van der Waals surface area (Å²) >= 11 is 0. The van der Waals surface area contributed by atoms with Gasteiger partial charge in [-0.1, -0.05) is 12.1 Å². The van der Waals surface area contributed by atoms with Gasteiger partial charge in [-0.3, -0.25) is 4.98 Å². The zero-order valence-electron chi connectivity index (χ0n) is 14.0. The molecule has 126 valence electrons. The average Bonchev–Trinajstić information content (AvgIpc) is 2.60. The molecule has 25 heavy (non-hydrogen) atoms. The molecule has 0 aliphatic rings. The van der Waals surface area contributed by atoms with E-state index in [4.69, 9.17) is 9.84 Å². The van der Waals surface area contributed by atoms with Crippen molar-refractivity contribution in [3.63, 3.8) is 0 Å². The molecule has 0 fully saturated rings. The Morgan fingerprint density at radius 2 is 2.04 bits per heavy atom. The van der Waals surface area contributed by atoms with Crippen molar-refractivity contribution in [2.75, 3.05) is 12.4 Å². The van der Waals surface area contributed by atoms with Crippen molar-refractivity contribution in [3.05, 3.63) is 65.9 Å². The topological polar surface area (TPSA) is 71.5 Å². The highest BCUT2D eigenvalue weighted by atomic mass is 16.5. The van der Waals surface area contributed by atoms with Crippen LogP contribution in [0.4, 0.5) is 11.4 Å². The van der Waals surface area contributed by atoms with E-state index in [1.807, 2.05) is 55.5 Å². The maximum Gasteiger partial charge on any atom is 0.328 e. The Kier molecular flexibility index (Phi) is 4.66. The number of benzene rings is 2. The van der Waals surface area contributed by atoms with Crippen molar-refractivity contribution < 1.29 is 14.6 Å². The number of nitrogens with one attached hydrogen (secondary N) is 1. The number of ether oxygens (including phenoxy) is 1. The lowest BCUT2D eigenvalue weighted by Gasteiger charge is -2.12. The third kappa shape index (κ3) is 3.95. The second kappa shape index (κ2) is 7.05. The summed E-state index contributed by atoms with van der Waals surface area (Å²) in [7, 11) is 1.63. The first-order valence-electron chi connectivity index (χ1n) is 7.78. The molecule has 5 heteroatoms. The third-order valence-electron chi connectivity index (χ3n) is 3.73. The molecule has 0 unspecified atom stereocenters. The van der Waals surface area contributed by atoms with Crippen LogP contribution >= 0.6 is 0 Å². The van der Waals surface area contributed by atoms with E-state index < -0.39 is 5.97 Å². The van der Waals surface area contributed by atoms with Gasteiger partial charge in [-0.2, -0.15) is 0 Å². The molecular formula is C20H18N2O3. The molecule has 0 spiro atoms. The molecule has 0 bridgehead atoms. The van der Waals surface area contributed by atoms with Crippen LogP contribution in [0, 0.1) is 6.92 Å². The van der Waals surface area contributed by atoms with Gasteiger partial charge in [0.05, 0.1) is 12.6 Å². The van der Waals surface area contributed by atoms with Crippen molar-refractivity contribution in [2.45, 2.75) is 6.92 Å². The van der Waals surface area contributed by atoms with Gasteiger partial charge in [-0.15, -0.1) is 0 Å². The minimum Gasteiger partial charge on any atom is -0.497 e. The van der Waals surface area contributed by atoms with Crippen LogP contribution in [-0.4, -0.2) is 23.2 Å². The first kappa shape index (κ1) is 16.5. The molecule has 1 aromatic heterocycles. The summed E-state index contributed by atoms with van der Waals surface area (Å²) in [5.41, 5.74) is 4.37. The molecule has 0 saturated carbocycles. The first-order chi connectivity index (χ1) is 12.0. The number of aromatic nitrogens is 1. The maximum absolute atomic E-state index is 10.7. The van der Waals surface area contributed by atoms with Gasteiger partial charge in [0.2, 0.25) is 0 Å². The first-order valence-corrected chi connectivity index (χ1v) is 7.78. The number of nitrogens with zero attached hydrogens (tertiary/aromatic N) is 1. The van der Waals surface area contributed by atoms with Gasteiger partial charge >= 0.3 is 5.97 Å². The number of carbonyl (C=O) groups is 1. The van der Waals surface area contributed by atoms with Crippen LogP contribution in [0.3, 0.4) is 0 Å². The Morgan fingerprint density at radius 1 is 1.20 bits per heavy atom. The van der Waals surface area contributed by atoms with Gasteiger partial charge in [-0.25, -0.2) is 4.79 Å². The smallest absolute Gasteiger partial charge is 0.328 e. The Hall–Kier alpha value is -3.34. The highest BCUT2D eigenvalue weighted by Gasteiger charge is 2.06. The summed E-state index contributed by atoms with van der Waals surface area (Å²) in [6.45, 7) is 1.95. The number of anilines is 2. The SMILES string of the molecule is COc1ccc2nc(C)cc(Nc3cccc(/C=C/C(=O)O)c3)c2c1. The molecule has 3 aromatic rings. The largest absolute Gasteiger partial charge is 0.497 e. The number of aryl methyl sites for hydroxylation is 1. The Labute approximate surface area is 145 Å². The van der Waals surface area contributed by atoms with Crippen molar-refractivity contribution >= 4 is 34.3 Å². The van der Waals surface area contributed by atoms with Crippen molar-refractivity contribution in [2.24, 2.45) is 0 Å². The summed E-state index contributed by atoms with van der Waals surface area (Å²) in [5, 5.41) is 13.1. The molecule has 0 saturated heterocycles. The molecule has 0 radical (unpaired) electrons. The van der Waals surface area contributed by atoms with Crippen molar-refractivity contribution in [3.8, 4) is 5.75 Å². The van der Waals surface area contributed by atoms with Crippen LogP contribution in [0.25, 0.3) is 17.0 Å². The average molecular weight is 334 g/mol. The minimum atomic E-state index is -0.971. The van der Waals surface area contributed by atoms with E-state index in [2.05, 4.69) is 10.3 Å². The Bertz CT molecular complexity index is 964. The summed E-state index contributed by atoms with van der Waals surface area (Å²) in [6.07, 6.45) is 2.68. The van der Waals surface area contributed by atoms with Gasteiger partial charge in [0, 0.05) is 28.5 Å². The summed E-state index contributed by atoms with van der Waals surface area (Å²) < 4.78 is 5.31. The second-order valence-electron chi connectivity index (χ2n) is 5.62. The minimum absolute atomic E-state index is 0.763. The van der Waals surface area contributed by atoms with E-state index in [9.17, 15) is 4.79 Å². The zero-order chi connectivity index (χ0) is 17.8. The third-order valence-corrected chi connectivity index (χ3v) is 3.73. The number of rotatable bonds is 5. The highest BCUT2D eigenvalue weighted by molar-refractivity contribution is 5.94. The zero-order valence-corrected chi connectivity index (χ0v) is 14.0. The summed E-state index contributed by atoms with van der Waals surface area (Å²) in [6, 6.07) is 15.3. The number of carboxylic acid groups (broad SMARTS) is 1. The van der Waals surface area contributed by atoms with Gasteiger partial charge in [-0.05, 0) is 55.0 Å². The maximum atomic E-state index is 10.7. The van der Waals surface area contributed by atoms with Crippen LogP contribution in [-0.2, 0) is 4.79 Å². The molecule has 3 rings (SSSR count). The van der Waals surface area contributed by atoms with Crippen LogP contribution in [0.15, 0.2) is 54.6 Å². The second-order valence-corrected chi connectivity index (χ2v) is 5.62. The van der Waals surface area contributed by atoms with E-state index in [0.717, 1.165) is 45.4 Å². The van der Waals surface area contributed by atoms with Crippen LogP contribution < -0.4 is 10.1 Å². The van der Waals surface area contributed by atoms with Gasteiger partial charge in [0.1, 0.15) is 5.75 Å². The molecule has 5 nitrogen and oxygen atoms in total. The predicted molar refractivity (Wildman–Crippen MR) is 99.4 cm³/mol. The number of fused-ring (bicyclic) bond motifs is 1. The lowest BCUT2D eigenvalue weighted by atomic mass is 10.1. The predicted octanol–water partition coefficient (Wildman–Crippen LogP) is 4.39. The van der Waals surface area contributed by atoms with Gasteiger partial charge in [0.15, 0.2) is 0 Å². The fourth-order valence-corrected chi connectivity index (χ4v) is 2.61. The standard InChI is InChI=1S/C20H18N2O3/c1-13-10-19(17-12-16(25-2)7-8-18(17)21-13)22-15-5-3-4-14(11-15)6-9-20(23)24/h3-12H,1-2H3,(H,21,22)(H,23,24)/b9-6+. The molecular weight excluding hydrogens is 316 g/mol. The monoisotopic (exact) mass is 334 g/mol. The molecule has 0 aliphatic carbocycles. The quantitative estimate of drug-likeness (QED) is 0.677. The number of carboxylic acids is 1. The van der Waals surface area contributed by atoms with Crippen molar-refractivity contribution in [1.29, 1.82) is 0 Å². The molecule has 2 aromatic carbocycles. The number of pyridine rings is 1. The fraction of sp³-hybridized carbons (Fsp3) is 0.100. The number of aliphatic carboxylic acids is 1. The Morgan fingerprint density at radius 3 is 2.80 bits per heavy atom. The van der Waals surface area contributed by atoms with E-state index in [0.29, 0.717) is 0 Å². The summed E-state index contributed by atoms with van der Waals surface area (Å²) in [5.74, 6) is -0.208. The van der Waals surface area contributed by atoms with E-state index in [-0.39, 0.29) is 0 Å². The van der Waals surface area contributed by atoms with Crippen LogP contribution in [0.2, 0.25) is 0 Å². The molecule has 0 aliphatic heterocycles.